The van der Waals surface area contributed by atoms with Crippen molar-refractivity contribution in [2.45, 2.75) is 33.9 Å². The fraction of sp³-hybridized carbons (Fsp3) is 0.122. The average Bonchev–Trinajstić information content (AvgIpc) is 3.50. The molecule has 7 heteroatoms. The van der Waals surface area contributed by atoms with Crippen LogP contribution in [0.4, 0.5) is 22.0 Å². The van der Waals surface area contributed by atoms with Crippen LogP contribution in [0.15, 0.2) is 103 Å². The molecule has 0 saturated heterocycles. The van der Waals surface area contributed by atoms with Crippen LogP contribution >= 0.6 is 0 Å². The number of fused-ring (bicyclic) bond motifs is 6. The van der Waals surface area contributed by atoms with Gasteiger partial charge in [-0.2, -0.15) is 13.2 Å². The van der Waals surface area contributed by atoms with Crippen LogP contribution in [-0.2, 0) is 6.18 Å². The molecule has 0 aliphatic rings. The lowest BCUT2D eigenvalue weighted by atomic mass is 9.96. The van der Waals surface area contributed by atoms with E-state index in [1.54, 1.807) is 0 Å². The molecular formula is C41H29F5N2. The maximum absolute atomic E-state index is 15.2. The van der Waals surface area contributed by atoms with Gasteiger partial charge in [-0.1, -0.05) is 46.5 Å². The van der Waals surface area contributed by atoms with E-state index in [2.05, 4.69) is 12.1 Å². The van der Waals surface area contributed by atoms with Crippen LogP contribution < -0.4 is 0 Å². The predicted molar refractivity (Wildman–Crippen MR) is 184 cm³/mol. The summed E-state index contributed by atoms with van der Waals surface area (Å²) in [5.41, 5.74) is 6.43. The molecule has 2 nitrogen and oxygen atoms in total. The standard InChI is InChI=1S/C41H29F5N2/c1-22-5-9-35-30(13-22)31-14-23(2)6-10-36(31)47(35)39-20-29(26-17-27(42)19-28(43)18-26)34(41(44,45)46)21-40(39)48-37-11-7-24(3)15-32(37)33-16-25(4)8-12-38(33)48/h5-21H,1-4H3. The van der Waals surface area contributed by atoms with Gasteiger partial charge in [-0.25, -0.2) is 8.78 Å². The minimum absolute atomic E-state index is 0.200. The Labute approximate surface area is 273 Å². The molecule has 6 aromatic carbocycles. The predicted octanol–water partition coefficient (Wildman–Crippen LogP) is 12.1. The largest absolute Gasteiger partial charge is 0.417 e. The lowest BCUT2D eigenvalue weighted by Crippen LogP contribution is -2.12. The number of alkyl halides is 3. The van der Waals surface area contributed by atoms with Gasteiger partial charge in [0.1, 0.15) is 11.6 Å². The molecule has 0 bridgehead atoms. The van der Waals surface area contributed by atoms with E-state index in [0.29, 0.717) is 11.8 Å². The zero-order chi connectivity index (χ0) is 33.6. The molecule has 0 radical (unpaired) electrons. The van der Waals surface area contributed by atoms with Crippen LogP contribution in [0.25, 0.3) is 66.1 Å². The van der Waals surface area contributed by atoms with E-state index < -0.39 is 23.4 Å². The zero-order valence-corrected chi connectivity index (χ0v) is 26.6. The first-order valence-electron chi connectivity index (χ1n) is 15.6. The third kappa shape index (κ3) is 4.67. The Hall–Kier alpha value is -5.43. The second-order valence-corrected chi connectivity index (χ2v) is 12.8. The van der Waals surface area contributed by atoms with Crippen molar-refractivity contribution in [3.05, 3.63) is 143 Å². The highest BCUT2D eigenvalue weighted by molar-refractivity contribution is 6.12. The second-order valence-electron chi connectivity index (χ2n) is 12.8. The van der Waals surface area contributed by atoms with Gasteiger partial charge in [0.25, 0.3) is 0 Å². The molecule has 0 spiro atoms. The van der Waals surface area contributed by atoms with E-state index in [1.807, 2.05) is 97.5 Å². The summed E-state index contributed by atoms with van der Waals surface area (Å²) in [5, 5.41) is 3.73. The molecule has 8 aromatic rings. The smallest absolute Gasteiger partial charge is 0.307 e. The summed E-state index contributed by atoms with van der Waals surface area (Å²) in [5.74, 6) is -1.92. The minimum atomic E-state index is -4.84. The number of aromatic nitrogens is 2. The van der Waals surface area contributed by atoms with Gasteiger partial charge in [0.15, 0.2) is 0 Å². The number of aryl methyl sites for hydroxylation is 4. The van der Waals surface area contributed by atoms with Crippen LogP contribution in [0, 0.1) is 39.3 Å². The molecule has 2 heterocycles. The Bertz CT molecular complexity index is 2480. The number of rotatable bonds is 3. The monoisotopic (exact) mass is 644 g/mol. The quantitative estimate of drug-likeness (QED) is 0.169. The second kappa shape index (κ2) is 10.5. The molecule has 0 atom stereocenters. The molecule has 0 fully saturated rings. The Morgan fingerprint density at radius 1 is 0.438 bits per heavy atom. The average molecular weight is 645 g/mol. The molecule has 48 heavy (non-hydrogen) atoms. The number of halogens is 5. The van der Waals surface area contributed by atoms with Crippen molar-refractivity contribution >= 4 is 43.6 Å². The SMILES string of the molecule is Cc1ccc2c(c1)c1cc(C)ccc1n2-c1cc(-c2cc(F)cc(F)c2)c(C(F)(F)F)cc1-n1c2ccc(C)cc2c2cc(C)ccc21. The Morgan fingerprint density at radius 3 is 1.15 bits per heavy atom. The molecule has 238 valence electrons. The lowest BCUT2D eigenvalue weighted by molar-refractivity contribution is -0.137. The number of nitrogens with zero attached hydrogens (tertiary/aromatic N) is 2. The highest BCUT2D eigenvalue weighted by Crippen LogP contribution is 2.45. The van der Waals surface area contributed by atoms with Crippen LogP contribution in [0.2, 0.25) is 0 Å². The normalized spacial score (nSPS) is 12.3. The first-order valence-corrected chi connectivity index (χ1v) is 15.6. The molecule has 8 rings (SSSR count). The van der Waals surface area contributed by atoms with Gasteiger partial charge < -0.3 is 9.13 Å². The van der Waals surface area contributed by atoms with Crippen molar-refractivity contribution in [3.63, 3.8) is 0 Å². The Morgan fingerprint density at radius 2 is 0.792 bits per heavy atom. The Kier molecular flexibility index (Phi) is 6.57. The van der Waals surface area contributed by atoms with Crippen molar-refractivity contribution < 1.29 is 22.0 Å². The van der Waals surface area contributed by atoms with E-state index in [1.165, 1.54) is 6.07 Å². The van der Waals surface area contributed by atoms with Crippen molar-refractivity contribution in [2.75, 3.05) is 0 Å². The topological polar surface area (TPSA) is 9.86 Å². The van der Waals surface area contributed by atoms with Crippen molar-refractivity contribution in [2.24, 2.45) is 0 Å². The van der Waals surface area contributed by atoms with Crippen LogP contribution in [0.3, 0.4) is 0 Å². The lowest BCUT2D eigenvalue weighted by Gasteiger charge is -2.22. The van der Waals surface area contributed by atoms with Gasteiger partial charge in [0.2, 0.25) is 0 Å². The van der Waals surface area contributed by atoms with Gasteiger partial charge >= 0.3 is 6.18 Å². The van der Waals surface area contributed by atoms with Crippen molar-refractivity contribution in [1.82, 2.24) is 9.13 Å². The summed E-state index contributed by atoms with van der Waals surface area (Å²) < 4.78 is 78.5. The van der Waals surface area contributed by atoms with Crippen LogP contribution in [0.5, 0.6) is 0 Å². The van der Waals surface area contributed by atoms with E-state index >= 15 is 13.2 Å². The molecule has 0 aliphatic heterocycles. The fourth-order valence-corrected chi connectivity index (χ4v) is 7.14. The summed E-state index contributed by atoms with van der Waals surface area (Å²) in [4.78, 5) is 0. The maximum Gasteiger partial charge on any atom is 0.417 e. The number of benzene rings is 6. The number of hydrogen-bond donors (Lipinski definition) is 0. The molecule has 0 amide bonds. The highest BCUT2D eigenvalue weighted by Gasteiger charge is 2.36. The van der Waals surface area contributed by atoms with Crippen LogP contribution in [0.1, 0.15) is 27.8 Å². The Balaban J connectivity index is 1.61. The van der Waals surface area contributed by atoms with Gasteiger partial charge in [-0.05, 0) is 112 Å². The van der Waals surface area contributed by atoms with Crippen LogP contribution in [-0.4, -0.2) is 9.13 Å². The summed E-state index contributed by atoms with van der Waals surface area (Å²) >= 11 is 0. The third-order valence-electron chi connectivity index (χ3n) is 9.23. The fourth-order valence-electron chi connectivity index (χ4n) is 7.14. The molecule has 0 unspecified atom stereocenters. The first-order chi connectivity index (χ1) is 22.9. The maximum atomic E-state index is 15.2. The highest BCUT2D eigenvalue weighted by atomic mass is 19.4. The molecule has 2 aromatic heterocycles. The zero-order valence-electron chi connectivity index (χ0n) is 26.6. The first kappa shape index (κ1) is 29.9. The van der Waals surface area contributed by atoms with E-state index in [0.717, 1.165) is 84.1 Å². The van der Waals surface area contributed by atoms with Crippen molar-refractivity contribution in [1.29, 1.82) is 0 Å². The summed E-state index contributed by atoms with van der Waals surface area (Å²) in [6, 6.07) is 29.0. The minimum Gasteiger partial charge on any atom is -0.307 e. The molecular weight excluding hydrogens is 615 g/mol. The number of hydrogen-bond acceptors (Lipinski definition) is 0. The molecule has 0 saturated carbocycles. The van der Waals surface area contributed by atoms with E-state index in [-0.39, 0.29) is 16.8 Å². The summed E-state index contributed by atoms with van der Waals surface area (Å²) in [7, 11) is 0. The molecule has 0 N–H and O–H groups in total. The molecule has 0 aliphatic carbocycles. The van der Waals surface area contributed by atoms with Gasteiger partial charge in [0, 0.05) is 27.6 Å². The van der Waals surface area contributed by atoms with E-state index in [9.17, 15) is 8.78 Å². The summed E-state index contributed by atoms with van der Waals surface area (Å²) in [6.45, 7) is 7.97. The van der Waals surface area contributed by atoms with Gasteiger partial charge in [-0.15, -0.1) is 0 Å². The third-order valence-corrected chi connectivity index (χ3v) is 9.23. The van der Waals surface area contributed by atoms with Gasteiger partial charge in [0.05, 0.1) is 39.0 Å². The van der Waals surface area contributed by atoms with Gasteiger partial charge in [-0.3, -0.25) is 0 Å². The summed E-state index contributed by atoms with van der Waals surface area (Å²) in [6.07, 6.45) is -4.84. The van der Waals surface area contributed by atoms with E-state index in [4.69, 9.17) is 0 Å². The van der Waals surface area contributed by atoms with Crippen molar-refractivity contribution in [3.8, 4) is 22.5 Å².